The van der Waals surface area contributed by atoms with Crippen molar-refractivity contribution < 1.29 is 13.2 Å². The molecule has 1 heterocycles. The first-order chi connectivity index (χ1) is 9.83. The standard InChI is InChI=1S/C14H21N3O3S/c1-10(14(18)17(2)3)16-21(19,20)13-6-4-5-11-9-15-8-7-12(11)13/h4-6,10,15-16H,7-9H2,1-3H3. The first-order valence-electron chi connectivity index (χ1n) is 6.88. The summed E-state index contributed by atoms with van der Waals surface area (Å²) in [6, 6.07) is 4.47. The lowest BCUT2D eigenvalue weighted by Crippen LogP contribution is -2.44. The Bertz CT molecular complexity index is 641. The normalized spacial score (nSPS) is 16.1. The van der Waals surface area contributed by atoms with Crippen LogP contribution in [0.25, 0.3) is 0 Å². The van der Waals surface area contributed by atoms with E-state index in [4.69, 9.17) is 0 Å². The zero-order chi connectivity index (χ0) is 15.6. The lowest BCUT2D eigenvalue weighted by Gasteiger charge is -2.22. The Hall–Kier alpha value is -1.44. The molecule has 1 unspecified atom stereocenters. The largest absolute Gasteiger partial charge is 0.347 e. The van der Waals surface area contributed by atoms with Crippen molar-refractivity contribution in [2.75, 3.05) is 20.6 Å². The first-order valence-corrected chi connectivity index (χ1v) is 8.36. The van der Waals surface area contributed by atoms with Crippen molar-refractivity contribution in [1.29, 1.82) is 0 Å². The average molecular weight is 311 g/mol. The van der Waals surface area contributed by atoms with Crippen LogP contribution in [0.3, 0.4) is 0 Å². The molecule has 1 aliphatic heterocycles. The smallest absolute Gasteiger partial charge is 0.241 e. The van der Waals surface area contributed by atoms with Gasteiger partial charge >= 0.3 is 0 Å². The molecule has 1 aliphatic rings. The minimum atomic E-state index is -3.70. The number of fused-ring (bicyclic) bond motifs is 1. The third-order valence-corrected chi connectivity index (χ3v) is 5.16. The SMILES string of the molecule is CC(NS(=O)(=O)c1cccc2c1CCNC2)C(=O)N(C)C. The van der Waals surface area contributed by atoms with Crippen LogP contribution in [0.4, 0.5) is 0 Å². The van der Waals surface area contributed by atoms with E-state index in [2.05, 4.69) is 10.0 Å². The molecule has 0 spiro atoms. The van der Waals surface area contributed by atoms with Gasteiger partial charge in [0.25, 0.3) is 0 Å². The third-order valence-electron chi connectivity index (χ3n) is 3.53. The summed E-state index contributed by atoms with van der Waals surface area (Å²) >= 11 is 0. The molecule has 1 amide bonds. The Morgan fingerprint density at radius 2 is 2.10 bits per heavy atom. The van der Waals surface area contributed by atoms with Crippen molar-refractivity contribution in [3.8, 4) is 0 Å². The second-order valence-electron chi connectivity index (χ2n) is 5.40. The number of rotatable bonds is 4. The van der Waals surface area contributed by atoms with Crippen LogP contribution in [-0.4, -0.2) is 45.9 Å². The van der Waals surface area contributed by atoms with Crippen molar-refractivity contribution in [3.05, 3.63) is 29.3 Å². The van der Waals surface area contributed by atoms with Gasteiger partial charge in [-0.2, -0.15) is 4.72 Å². The number of carbonyl (C=O) groups excluding carboxylic acids is 1. The predicted molar refractivity (Wildman–Crippen MR) is 80.3 cm³/mol. The van der Waals surface area contributed by atoms with Gasteiger partial charge in [0.2, 0.25) is 15.9 Å². The van der Waals surface area contributed by atoms with Crippen LogP contribution >= 0.6 is 0 Å². The predicted octanol–water partition coefficient (Wildman–Crippen LogP) is 0.0873. The molecule has 1 aromatic carbocycles. The monoisotopic (exact) mass is 311 g/mol. The van der Waals surface area contributed by atoms with E-state index in [-0.39, 0.29) is 10.8 Å². The molecule has 0 radical (unpaired) electrons. The highest BCUT2D eigenvalue weighted by Gasteiger charge is 2.26. The molecule has 2 rings (SSSR count). The molecular weight excluding hydrogens is 290 g/mol. The van der Waals surface area contributed by atoms with Crippen LogP contribution in [0.1, 0.15) is 18.1 Å². The maximum atomic E-state index is 12.5. The Morgan fingerprint density at radius 3 is 2.76 bits per heavy atom. The number of hydrogen-bond donors (Lipinski definition) is 2. The molecule has 7 heteroatoms. The van der Waals surface area contributed by atoms with Crippen LogP contribution < -0.4 is 10.0 Å². The highest BCUT2D eigenvalue weighted by molar-refractivity contribution is 7.89. The summed E-state index contributed by atoms with van der Waals surface area (Å²) in [6.45, 7) is 2.98. The third kappa shape index (κ3) is 3.42. The van der Waals surface area contributed by atoms with Gasteiger partial charge in [-0.15, -0.1) is 0 Å². The molecule has 6 nitrogen and oxygen atoms in total. The van der Waals surface area contributed by atoms with Crippen LogP contribution in [0.15, 0.2) is 23.1 Å². The van der Waals surface area contributed by atoms with Crippen LogP contribution in [0, 0.1) is 0 Å². The molecule has 0 saturated heterocycles. The van der Waals surface area contributed by atoms with Gasteiger partial charge in [0, 0.05) is 20.6 Å². The maximum Gasteiger partial charge on any atom is 0.241 e. The minimum absolute atomic E-state index is 0.273. The van der Waals surface area contributed by atoms with Crippen molar-refractivity contribution in [3.63, 3.8) is 0 Å². The van der Waals surface area contributed by atoms with Crippen LogP contribution in [0.2, 0.25) is 0 Å². The highest BCUT2D eigenvalue weighted by Crippen LogP contribution is 2.23. The number of amides is 1. The molecule has 0 bridgehead atoms. The fraction of sp³-hybridized carbons (Fsp3) is 0.500. The molecule has 2 N–H and O–H groups in total. The van der Waals surface area contributed by atoms with Gasteiger partial charge in [-0.3, -0.25) is 4.79 Å². The second kappa shape index (κ2) is 6.13. The lowest BCUT2D eigenvalue weighted by atomic mass is 10.0. The molecule has 0 fully saturated rings. The Morgan fingerprint density at radius 1 is 1.38 bits per heavy atom. The maximum absolute atomic E-state index is 12.5. The summed E-state index contributed by atoms with van der Waals surface area (Å²) in [5, 5.41) is 3.22. The van der Waals surface area contributed by atoms with Gasteiger partial charge in [-0.05, 0) is 37.1 Å². The quantitative estimate of drug-likeness (QED) is 0.826. The van der Waals surface area contributed by atoms with Gasteiger partial charge in [0.15, 0.2) is 0 Å². The summed E-state index contributed by atoms with van der Waals surface area (Å²) in [7, 11) is -0.504. The summed E-state index contributed by atoms with van der Waals surface area (Å²) in [5.74, 6) is -0.273. The van der Waals surface area contributed by atoms with E-state index in [9.17, 15) is 13.2 Å². The molecular formula is C14H21N3O3S. The second-order valence-corrected chi connectivity index (χ2v) is 7.08. The van der Waals surface area contributed by atoms with Crippen molar-refractivity contribution >= 4 is 15.9 Å². The fourth-order valence-electron chi connectivity index (χ4n) is 2.48. The molecule has 116 valence electrons. The molecule has 0 saturated carbocycles. The topological polar surface area (TPSA) is 78.5 Å². The molecule has 1 atom stereocenters. The molecule has 21 heavy (non-hydrogen) atoms. The zero-order valence-corrected chi connectivity index (χ0v) is 13.3. The number of sulfonamides is 1. The van der Waals surface area contributed by atoms with Gasteiger partial charge in [-0.1, -0.05) is 12.1 Å². The average Bonchev–Trinajstić information content (AvgIpc) is 2.45. The zero-order valence-electron chi connectivity index (χ0n) is 12.5. The minimum Gasteiger partial charge on any atom is -0.347 e. The number of benzene rings is 1. The molecule has 1 aromatic rings. The number of nitrogens with one attached hydrogen (secondary N) is 2. The van der Waals surface area contributed by atoms with Gasteiger partial charge in [-0.25, -0.2) is 8.42 Å². The summed E-state index contributed by atoms with van der Waals surface area (Å²) in [6.07, 6.45) is 0.669. The molecule has 0 aromatic heterocycles. The first kappa shape index (κ1) is 15.9. The van der Waals surface area contributed by atoms with E-state index in [0.717, 1.165) is 17.7 Å². The van der Waals surface area contributed by atoms with Crippen LogP contribution in [0.5, 0.6) is 0 Å². The number of hydrogen-bond acceptors (Lipinski definition) is 4. The number of carbonyl (C=O) groups is 1. The summed E-state index contributed by atoms with van der Waals surface area (Å²) < 4.78 is 27.5. The van der Waals surface area contributed by atoms with E-state index >= 15 is 0 Å². The van der Waals surface area contributed by atoms with E-state index in [1.807, 2.05) is 6.07 Å². The number of likely N-dealkylation sites (N-methyl/N-ethyl adjacent to an activating group) is 1. The lowest BCUT2D eigenvalue weighted by molar-refractivity contribution is -0.130. The van der Waals surface area contributed by atoms with Crippen molar-refractivity contribution in [2.24, 2.45) is 0 Å². The summed E-state index contributed by atoms with van der Waals surface area (Å²) in [5.41, 5.74) is 1.84. The fourth-order valence-corrected chi connectivity index (χ4v) is 3.99. The van der Waals surface area contributed by atoms with Gasteiger partial charge in [0.1, 0.15) is 0 Å². The van der Waals surface area contributed by atoms with Gasteiger partial charge < -0.3 is 10.2 Å². The molecule has 0 aliphatic carbocycles. The van der Waals surface area contributed by atoms with Crippen molar-refractivity contribution in [1.82, 2.24) is 14.9 Å². The van der Waals surface area contributed by atoms with E-state index in [0.29, 0.717) is 13.0 Å². The summed E-state index contributed by atoms with van der Waals surface area (Å²) in [4.78, 5) is 13.5. The highest BCUT2D eigenvalue weighted by atomic mass is 32.2. The van der Waals surface area contributed by atoms with E-state index < -0.39 is 16.1 Å². The Kier molecular flexibility index (Phi) is 4.65. The van der Waals surface area contributed by atoms with Crippen molar-refractivity contribution in [2.45, 2.75) is 30.8 Å². The van der Waals surface area contributed by atoms with E-state index in [1.54, 1.807) is 33.2 Å². The van der Waals surface area contributed by atoms with Gasteiger partial charge in [0.05, 0.1) is 10.9 Å². The number of nitrogens with zero attached hydrogens (tertiary/aromatic N) is 1. The van der Waals surface area contributed by atoms with E-state index in [1.165, 1.54) is 4.90 Å². The Balaban J connectivity index is 2.30. The Labute approximate surface area is 125 Å². The van der Waals surface area contributed by atoms with Crippen LogP contribution in [-0.2, 0) is 27.8 Å².